The van der Waals surface area contributed by atoms with Crippen LogP contribution in [0.1, 0.15) is 16.2 Å². The van der Waals surface area contributed by atoms with Crippen LogP contribution in [0.3, 0.4) is 0 Å². The molecule has 1 aliphatic heterocycles. The minimum atomic E-state index is -0.335. The molecule has 21 heavy (non-hydrogen) atoms. The number of thioether (sulfide) groups is 1. The standard InChI is InChI=1S/C12H14N4O3S2/c1-2-3-16-11(17)14-15-12(16)20-7-8-6-13-9(21-8)10-18-4-5-19-10/h2,6,10H,1,3-5,7H2,(H,14,17). The van der Waals surface area contributed by atoms with E-state index in [0.717, 1.165) is 9.88 Å². The Morgan fingerprint density at radius 1 is 1.57 bits per heavy atom. The predicted molar refractivity (Wildman–Crippen MR) is 79.4 cm³/mol. The number of nitrogens with one attached hydrogen (secondary N) is 1. The third kappa shape index (κ3) is 3.26. The van der Waals surface area contributed by atoms with Crippen LogP contribution in [0.2, 0.25) is 0 Å². The second-order valence-electron chi connectivity index (χ2n) is 4.24. The zero-order chi connectivity index (χ0) is 14.7. The van der Waals surface area contributed by atoms with E-state index in [-0.39, 0.29) is 12.0 Å². The number of thiazole rings is 1. The lowest BCUT2D eigenvalue weighted by Gasteiger charge is -2.03. The minimum absolute atomic E-state index is 0.227. The number of hydrogen-bond acceptors (Lipinski definition) is 7. The first-order chi connectivity index (χ1) is 10.3. The molecule has 3 heterocycles. The molecular formula is C12H14N4O3S2. The van der Waals surface area contributed by atoms with Crippen LogP contribution >= 0.6 is 23.1 Å². The Morgan fingerprint density at radius 2 is 2.38 bits per heavy atom. The van der Waals surface area contributed by atoms with E-state index in [1.54, 1.807) is 28.2 Å². The molecule has 0 saturated carbocycles. The number of ether oxygens (including phenoxy) is 2. The van der Waals surface area contributed by atoms with Crippen LogP contribution in [-0.4, -0.2) is 33.0 Å². The Labute approximate surface area is 129 Å². The van der Waals surface area contributed by atoms with Gasteiger partial charge in [-0.05, 0) is 0 Å². The van der Waals surface area contributed by atoms with Crippen molar-refractivity contribution in [1.29, 1.82) is 0 Å². The van der Waals surface area contributed by atoms with Gasteiger partial charge in [0.1, 0.15) is 5.01 Å². The molecule has 0 amide bonds. The first-order valence-electron chi connectivity index (χ1n) is 6.34. The summed E-state index contributed by atoms with van der Waals surface area (Å²) in [6.45, 7) is 5.29. The van der Waals surface area contributed by atoms with Crippen molar-refractivity contribution >= 4 is 23.1 Å². The lowest BCUT2D eigenvalue weighted by atomic mass is 10.6. The lowest BCUT2D eigenvalue weighted by Crippen LogP contribution is -2.16. The van der Waals surface area contributed by atoms with Gasteiger partial charge in [0, 0.05) is 23.4 Å². The van der Waals surface area contributed by atoms with Crippen molar-refractivity contribution in [2.75, 3.05) is 13.2 Å². The minimum Gasteiger partial charge on any atom is -0.344 e. The van der Waals surface area contributed by atoms with Gasteiger partial charge in [0.2, 0.25) is 6.29 Å². The van der Waals surface area contributed by atoms with Gasteiger partial charge in [-0.25, -0.2) is 14.9 Å². The van der Waals surface area contributed by atoms with Crippen LogP contribution < -0.4 is 5.69 Å². The summed E-state index contributed by atoms with van der Waals surface area (Å²) in [7, 11) is 0. The first kappa shape index (κ1) is 14.5. The molecule has 9 heteroatoms. The number of hydrogen-bond donors (Lipinski definition) is 1. The molecule has 0 spiro atoms. The molecule has 0 aliphatic carbocycles. The van der Waals surface area contributed by atoms with Crippen molar-refractivity contribution in [2.45, 2.75) is 23.7 Å². The van der Waals surface area contributed by atoms with E-state index in [2.05, 4.69) is 21.8 Å². The van der Waals surface area contributed by atoms with E-state index in [9.17, 15) is 4.79 Å². The maximum absolute atomic E-state index is 11.6. The first-order valence-corrected chi connectivity index (χ1v) is 8.15. The topological polar surface area (TPSA) is 82.0 Å². The van der Waals surface area contributed by atoms with Gasteiger partial charge in [-0.2, -0.15) is 0 Å². The Kier molecular flexibility index (Phi) is 4.54. The monoisotopic (exact) mass is 326 g/mol. The fourth-order valence-electron chi connectivity index (χ4n) is 1.84. The SMILES string of the molecule is C=CCn1c(SCc2cnc(C3OCCO3)s2)n[nH]c1=O. The van der Waals surface area contributed by atoms with Gasteiger partial charge in [0.25, 0.3) is 0 Å². The maximum Gasteiger partial charge on any atom is 0.344 e. The molecule has 0 radical (unpaired) electrons. The van der Waals surface area contributed by atoms with Crippen LogP contribution in [0, 0.1) is 0 Å². The quantitative estimate of drug-likeness (QED) is 0.641. The van der Waals surface area contributed by atoms with Gasteiger partial charge >= 0.3 is 5.69 Å². The highest BCUT2D eigenvalue weighted by Crippen LogP contribution is 2.30. The van der Waals surface area contributed by atoms with E-state index in [4.69, 9.17) is 9.47 Å². The summed E-state index contributed by atoms with van der Waals surface area (Å²) >= 11 is 3.03. The summed E-state index contributed by atoms with van der Waals surface area (Å²) in [4.78, 5) is 17.0. The number of aromatic amines is 1. The summed E-state index contributed by atoms with van der Waals surface area (Å²) in [6, 6.07) is 0. The van der Waals surface area contributed by atoms with Crippen molar-refractivity contribution in [3.8, 4) is 0 Å². The van der Waals surface area contributed by atoms with Crippen LogP contribution in [-0.2, 0) is 21.8 Å². The molecule has 1 N–H and O–H groups in total. The molecule has 1 aliphatic rings. The Hall–Kier alpha value is -1.42. The van der Waals surface area contributed by atoms with Gasteiger partial charge in [0.05, 0.1) is 13.2 Å². The van der Waals surface area contributed by atoms with Gasteiger partial charge in [-0.3, -0.25) is 4.57 Å². The molecule has 1 fully saturated rings. The van der Waals surface area contributed by atoms with Crippen LogP contribution in [0.5, 0.6) is 0 Å². The molecule has 3 rings (SSSR count). The highest BCUT2D eigenvalue weighted by atomic mass is 32.2. The molecule has 2 aromatic heterocycles. The van der Waals surface area contributed by atoms with Crippen molar-refractivity contribution in [1.82, 2.24) is 19.7 Å². The molecular weight excluding hydrogens is 312 g/mol. The number of rotatable bonds is 6. The van der Waals surface area contributed by atoms with Crippen molar-refractivity contribution < 1.29 is 9.47 Å². The van der Waals surface area contributed by atoms with Crippen molar-refractivity contribution in [3.63, 3.8) is 0 Å². The number of nitrogens with zero attached hydrogens (tertiary/aromatic N) is 3. The molecule has 112 valence electrons. The van der Waals surface area contributed by atoms with E-state index >= 15 is 0 Å². The van der Waals surface area contributed by atoms with Crippen molar-refractivity contribution in [2.24, 2.45) is 0 Å². The Balaban J connectivity index is 1.65. The van der Waals surface area contributed by atoms with Gasteiger partial charge in [-0.15, -0.1) is 23.0 Å². The summed E-state index contributed by atoms with van der Waals surface area (Å²) in [5.74, 6) is 0.686. The highest BCUT2D eigenvalue weighted by Gasteiger charge is 2.21. The highest BCUT2D eigenvalue weighted by molar-refractivity contribution is 7.98. The third-order valence-electron chi connectivity index (χ3n) is 2.77. The average Bonchev–Trinajstić information content (AvgIpc) is 3.19. The van der Waals surface area contributed by atoms with Gasteiger partial charge in [-0.1, -0.05) is 17.8 Å². The summed E-state index contributed by atoms with van der Waals surface area (Å²) in [6.07, 6.45) is 3.14. The number of aromatic nitrogens is 4. The molecule has 0 atom stereocenters. The van der Waals surface area contributed by atoms with Crippen LogP contribution in [0.25, 0.3) is 0 Å². The largest absolute Gasteiger partial charge is 0.344 e. The number of H-pyrrole nitrogens is 1. The number of allylic oxidation sites excluding steroid dienone is 1. The zero-order valence-electron chi connectivity index (χ0n) is 11.2. The smallest absolute Gasteiger partial charge is 0.344 e. The average molecular weight is 326 g/mol. The summed E-state index contributed by atoms with van der Waals surface area (Å²) < 4.78 is 12.4. The van der Waals surface area contributed by atoms with E-state index < -0.39 is 0 Å². The summed E-state index contributed by atoms with van der Waals surface area (Å²) in [5, 5.41) is 7.92. The van der Waals surface area contributed by atoms with Crippen molar-refractivity contribution in [3.05, 3.63) is 39.2 Å². The van der Waals surface area contributed by atoms with Gasteiger partial charge < -0.3 is 9.47 Å². The molecule has 0 aromatic carbocycles. The van der Waals surface area contributed by atoms with Crippen LogP contribution in [0.4, 0.5) is 0 Å². The zero-order valence-corrected chi connectivity index (χ0v) is 12.8. The molecule has 7 nitrogen and oxygen atoms in total. The van der Waals surface area contributed by atoms with E-state index in [1.165, 1.54) is 11.8 Å². The summed E-state index contributed by atoms with van der Waals surface area (Å²) in [5.41, 5.74) is -0.227. The van der Waals surface area contributed by atoms with Crippen LogP contribution in [0.15, 0.2) is 28.8 Å². The fourth-order valence-corrected chi connectivity index (χ4v) is 3.73. The van der Waals surface area contributed by atoms with E-state index in [1.807, 2.05) is 0 Å². The van der Waals surface area contributed by atoms with E-state index in [0.29, 0.717) is 30.7 Å². The Bertz CT molecular complexity index is 672. The fraction of sp³-hybridized carbons (Fsp3) is 0.417. The molecule has 1 saturated heterocycles. The molecule has 2 aromatic rings. The van der Waals surface area contributed by atoms with Gasteiger partial charge in [0.15, 0.2) is 5.16 Å². The maximum atomic E-state index is 11.6. The molecule has 0 unspecified atom stereocenters. The lowest BCUT2D eigenvalue weighted by molar-refractivity contribution is -0.0442. The second kappa shape index (κ2) is 6.56. The predicted octanol–water partition coefficient (Wildman–Crippen LogP) is 1.55. The second-order valence-corrected chi connectivity index (χ2v) is 6.33. The normalized spacial score (nSPS) is 15.6. The third-order valence-corrected chi connectivity index (χ3v) is 5.00. The Morgan fingerprint density at radius 3 is 3.14 bits per heavy atom. The molecule has 0 bridgehead atoms.